The molecule has 0 spiro atoms. The van der Waals surface area contributed by atoms with E-state index in [9.17, 15) is 9.36 Å². The number of carbonyl (C=O) groups is 1. The number of benzene rings is 2. The van der Waals surface area contributed by atoms with Gasteiger partial charge < -0.3 is 10.7 Å². The van der Waals surface area contributed by atoms with Gasteiger partial charge in [-0.15, -0.1) is 0 Å². The summed E-state index contributed by atoms with van der Waals surface area (Å²) in [4.78, 5) is 29.6. The molecule has 0 bridgehead atoms. The molecule has 0 heterocycles. The fourth-order valence-corrected chi connectivity index (χ4v) is 1.91. The number of rotatable bonds is 4. The van der Waals surface area contributed by atoms with E-state index in [-0.39, 0.29) is 42.3 Å². The van der Waals surface area contributed by atoms with Crippen LogP contribution in [0.25, 0.3) is 0 Å². The van der Waals surface area contributed by atoms with E-state index in [1.165, 1.54) is 24.3 Å². The predicted molar refractivity (Wildman–Crippen MR) is 71.6 cm³/mol. The van der Waals surface area contributed by atoms with Crippen molar-refractivity contribution in [3.05, 3.63) is 60.2 Å². The molecule has 0 aliphatic carbocycles. The summed E-state index contributed by atoms with van der Waals surface area (Å²) in [6.07, 6.45) is 0. The van der Waals surface area contributed by atoms with E-state index in [0.29, 0.717) is 5.75 Å². The third-order valence-electron chi connectivity index (χ3n) is 2.28. The van der Waals surface area contributed by atoms with Gasteiger partial charge in [-0.3, -0.25) is 9.79 Å². The molecule has 2 N–H and O–H groups in total. The molecular weight excluding hydrogens is 306 g/mol. The van der Waals surface area contributed by atoms with Crippen LogP contribution in [0.1, 0.15) is 11.8 Å². The van der Waals surface area contributed by atoms with Crippen LogP contribution in [0, 0.1) is 0 Å². The van der Waals surface area contributed by atoms with Gasteiger partial charge in [0.1, 0.15) is 17.1 Å². The Bertz CT molecular complexity index is 661. The maximum absolute atomic E-state index is 12.0. The molecule has 2 rings (SSSR count). The minimum atomic E-state index is -4.74. The average molecular weight is 318 g/mol. The molecule has 6 nitrogen and oxygen atoms in total. The summed E-state index contributed by atoms with van der Waals surface area (Å²) in [5.74, 6) is -0.675. The first-order valence-corrected chi connectivity index (χ1v) is 7.10. The third-order valence-corrected chi connectivity index (χ3v) is 2.71. The Hall–Kier alpha value is -1.14. The zero-order valence-electron chi connectivity index (χ0n) is 12.2. The van der Waals surface area contributed by atoms with Crippen molar-refractivity contribution in [2.24, 2.45) is 0 Å². The molecule has 0 radical (unpaired) electrons. The minimum absolute atomic E-state index is 0. The van der Waals surface area contributed by atoms with Crippen LogP contribution < -0.4 is 38.8 Å². The molecule has 106 valence electrons. The van der Waals surface area contributed by atoms with Gasteiger partial charge in [-0.1, -0.05) is 30.3 Å². The van der Waals surface area contributed by atoms with Crippen molar-refractivity contribution in [1.29, 1.82) is 0 Å². The Kier molecular flexibility index (Phi) is 6.61. The first-order valence-electron chi connectivity index (χ1n) is 5.57. The van der Waals surface area contributed by atoms with Crippen LogP contribution in [0.15, 0.2) is 54.6 Å². The number of hydrogen-bond acceptors (Lipinski definition) is 4. The SMILES string of the molecule is O=C(Oc1ccccc1)c1ccccc1OP(=O)(O)O.[H-].[Na+]. The standard InChI is InChI=1S/C13H11O6P.Na.H/c14-13(18-10-6-2-1-3-7-10)11-8-4-5-9-12(11)19-20(15,16)17;;/h1-9H,(H2,15,16,17);;/q;+1;-1. The van der Waals surface area contributed by atoms with Crippen molar-refractivity contribution >= 4 is 13.8 Å². The largest absolute Gasteiger partial charge is 1.00 e. The summed E-state index contributed by atoms with van der Waals surface area (Å²) >= 11 is 0. The van der Waals surface area contributed by atoms with Crippen molar-refractivity contribution in [2.75, 3.05) is 0 Å². The zero-order chi connectivity index (χ0) is 14.6. The van der Waals surface area contributed by atoms with E-state index in [4.69, 9.17) is 14.5 Å². The van der Waals surface area contributed by atoms with E-state index < -0.39 is 13.8 Å². The molecular formula is C13H12NaO6P. The number of phosphoric ester groups is 1. The Labute approximate surface area is 144 Å². The van der Waals surface area contributed by atoms with Gasteiger partial charge >= 0.3 is 43.3 Å². The summed E-state index contributed by atoms with van der Waals surface area (Å²) < 4.78 is 20.4. The van der Waals surface area contributed by atoms with Crippen LogP contribution >= 0.6 is 7.82 Å². The Morgan fingerprint density at radius 2 is 1.57 bits per heavy atom. The molecule has 0 aliphatic rings. The summed E-state index contributed by atoms with van der Waals surface area (Å²) in [5.41, 5.74) is -0.0697. The van der Waals surface area contributed by atoms with Gasteiger partial charge in [-0.25, -0.2) is 9.36 Å². The van der Waals surface area contributed by atoms with E-state index in [2.05, 4.69) is 4.52 Å². The van der Waals surface area contributed by atoms with Gasteiger partial charge in [0, 0.05) is 0 Å². The molecule has 8 heteroatoms. The molecule has 0 fully saturated rings. The topological polar surface area (TPSA) is 93.1 Å². The van der Waals surface area contributed by atoms with Crippen molar-refractivity contribution in [1.82, 2.24) is 0 Å². The monoisotopic (exact) mass is 318 g/mol. The first-order chi connectivity index (χ1) is 9.46. The van der Waals surface area contributed by atoms with Crippen molar-refractivity contribution in [2.45, 2.75) is 0 Å². The number of para-hydroxylation sites is 2. The van der Waals surface area contributed by atoms with Gasteiger partial charge in [-0.2, -0.15) is 0 Å². The molecule has 0 aliphatic heterocycles. The van der Waals surface area contributed by atoms with Crippen molar-refractivity contribution in [3.8, 4) is 11.5 Å². The van der Waals surface area contributed by atoms with Crippen molar-refractivity contribution < 1.29 is 59.4 Å². The predicted octanol–water partition coefficient (Wildman–Crippen LogP) is -0.506. The second-order valence-electron chi connectivity index (χ2n) is 3.78. The molecule has 0 saturated carbocycles. The molecule has 0 aromatic heterocycles. The van der Waals surface area contributed by atoms with Crippen LogP contribution in [0.5, 0.6) is 11.5 Å². The zero-order valence-corrected chi connectivity index (χ0v) is 14.1. The van der Waals surface area contributed by atoms with E-state index >= 15 is 0 Å². The molecule has 2 aromatic carbocycles. The number of phosphoric acid groups is 1. The minimum Gasteiger partial charge on any atom is -1.00 e. The smallest absolute Gasteiger partial charge is 1.00 e. The summed E-state index contributed by atoms with van der Waals surface area (Å²) in [7, 11) is -4.74. The third kappa shape index (κ3) is 5.63. The molecule has 21 heavy (non-hydrogen) atoms. The normalized spacial score (nSPS) is 10.4. The fraction of sp³-hybridized carbons (Fsp3) is 0. The summed E-state index contributed by atoms with van der Waals surface area (Å²) in [6, 6.07) is 14.0. The second kappa shape index (κ2) is 7.75. The Balaban J connectivity index is 0.00000220. The maximum Gasteiger partial charge on any atom is 1.00 e. The number of hydrogen-bond donors (Lipinski definition) is 2. The molecule has 0 saturated heterocycles. The van der Waals surface area contributed by atoms with Crippen LogP contribution in [-0.4, -0.2) is 15.8 Å². The van der Waals surface area contributed by atoms with Crippen LogP contribution in [0.4, 0.5) is 0 Å². The van der Waals surface area contributed by atoms with Gasteiger partial charge in [0.2, 0.25) is 0 Å². The Morgan fingerprint density at radius 1 is 1.00 bits per heavy atom. The van der Waals surface area contributed by atoms with E-state index in [1.807, 2.05) is 0 Å². The molecule has 0 atom stereocenters. The van der Waals surface area contributed by atoms with Gasteiger partial charge in [0.05, 0.1) is 0 Å². The number of ether oxygens (including phenoxy) is 1. The van der Waals surface area contributed by atoms with Crippen LogP contribution in [0.2, 0.25) is 0 Å². The van der Waals surface area contributed by atoms with E-state index in [0.717, 1.165) is 0 Å². The van der Waals surface area contributed by atoms with Crippen molar-refractivity contribution in [3.63, 3.8) is 0 Å². The van der Waals surface area contributed by atoms with E-state index in [1.54, 1.807) is 30.3 Å². The number of carbonyl (C=O) groups excluding carboxylic acids is 1. The average Bonchev–Trinajstić information content (AvgIpc) is 2.38. The summed E-state index contributed by atoms with van der Waals surface area (Å²) in [5, 5.41) is 0. The second-order valence-corrected chi connectivity index (χ2v) is 4.94. The molecule has 2 aromatic rings. The Morgan fingerprint density at radius 3 is 2.19 bits per heavy atom. The van der Waals surface area contributed by atoms with Crippen LogP contribution in [-0.2, 0) is 4.57 Å². The van der Waals surface area contributed by atoms with Gasteiger partial charge in [-0.05, 0) is 24.3 Å². The number of esters is 1. The van der Waals surface area contributed by atoms with Gasteiger partial charge in [0.15, 0.2) is 0 Å². The van der Waals surface area contributed by atoms with Gasteiger partial charge in [0.25, 0.3) is 0 Å². The molecule has 0 unspecified atom stereocenters. The first kappa shape index (κ1) is 17.9. The summed E-state index contributed by atoms with van der Waals surface area (Å²) in [6.45, 7) is 0. The van der Waals surface area contributed by atoms with Crippen LogP contribution in [0.3, 0.4) is 0 Å². The quantitative estimate of drug-likeness (QED) is 0.341. The molecule has 0 amide bonds. The fourth-order valence-electron chi connectivity index (χ4n) is 1.49. The maximum atomic E-state index is 12.0.